The van der Waals surface area contributed by atoms with Crippen molar-refractivity contribution >= 4 is 5.78 Å². The average molecular weight is 256 g/mol. The summed E-state index contributed by atoms with van der Waals surface area (Å²) in [4.78, 5) is 12.0. The zero-order chi connectivity index (χ0) is 13.7. The third kappa shape index (κ3) is 3.35. The molecule has 98 valence electrons. The van der Waals surface area contributed by atoms with Crippen molar-refractivity contribution in [2.75, 3.05) is 13.7 Å². The number of hydrogen-bond donors (Lipinski definition) is 0. The summed E-state index contributed by atoms with van der Waals surface area (Å²) >= 11 is 0. The first-order chi connectivity index (χ1) is 9.20. The van der Waals surface area contributed by atoms with E-state index in [-0.39, 0.29) is 12.4 Å². The van der Waals surface area contributed by atoms with Crippen LogP contribution in [-0.4, -0.2) is 19.5 Å². The minimum atomic E-state index is -0.0195. The summed E-state index contributed by atoms with van der Waals surface area (Å²) in [5, 5.41) is 0. The lowest BCUT2D eigenvalue weighted by Gasteiger charge is -2.08. The Morgan fingerprint density at radius 1 is 1.00 bits per heavy atom. The molecule has 0 N–H and O–H groups in total. The van der Waals surface area contributed by atoms with Crippen molar-refractivity contribution in [1.82, 2.24) is 0 Å². The fourth-order valence-corrected chi connectivity index (χ4v) is 1.78. The van der Waals surface area contributed by atoms with Crippen LogP contribution in [0.4, 0.5) is 0 Å². The molecule has 0 aliphatic carbocycles. The number of carbonyl (C=O) groups excluding carboxylic acids is 1. The fourth-order valence-electron chi connectivity index (χ4n) is 1.78. The van der Waals surface area contributed by atoms with E-state index in [1.807, 2.05) is 31.2 Å². The van der Waals surface area contributed by atoms with Crippen LogP contribution in [0, 0.1) is 6.92 Å². The van der Waals surface area contributed by atoms with Crippen LogP contribution in [0.5, 0.6) is 11.5 Å². The molecular weight excluding hydrogens is 240 g/mol. The van der Waals surface area contributed by atoms with Crippen molar-refractivity contribution in [1.29, 1.82) is 0 Å². The van der Waals surface area contributed by atoms with Crippen LogP contribution in [0.15, 0.2) is 48.5 Å². The Bertz CT molecular complexity index is 558. The Balaban J connectivity index is 1.98. The van der Waals surface area contributed by atoms with Crippen LogP contribution in [0.25, 0.3) is 0 Å². The molecule has 0 spiro atoms. The van der Waals surface area contributed by atoms with Crippen LogP contribution in [0.1, 0.15) is 15.9 Å². The Morgan fingerprint density at radius 2 is 1.63 bits per heavy atom. The maximum atomic E-state index is 12.0. The van der Waals surface area contributed by atoms with Gasteiger partial charge in [0.2, 0.25) is 0 Å². The second-order valence-corrected chi connectivity index (χ2v) is 4.20. The number of methoxy groups -OCH3 is 1. The second kappa shape index (κ2) is 6.05. The highest BCUT2D eigenvalue weighted by atomic mass is 16.5. The van der Waals surface area contributed by atoms with Gasteiger partial charge in [-0.15, -0.1) is 0 Å². The number of aryl methyl sites for hydroxylation is 1. The second-order valence-electron chi connectivity index (χ2n) is 4.20. The molecule has 0 aliphatic rings. The maximum absolute atomic E-state index is 12.0. The first-order valence-corrected chi connectivity index (χ1v) is 6.06. The van der Waals surface area contributed by atoms with E-state index in [2.05, 4.69) is 0 Å². The van der Waals surface area contributed by atoms with E-state index in [1.165, 1.54) is 0 Å². The third-order valence-electron chi connectivity index (χ3n) is 2.87. The van der Waals surface area contributed by atoms with Gasteiger partial charge in [-0.3, -0.25) is 4.79 Å². The molecule has 0 saturated carbocycles. The fraction of sp³-hybridized carbons (Fsp3) is 0.188. The van der Waals surface area contributed by atoms with Crippen molar-refractivity contribution in [2.24, 2.45) is 0 Å². The van der Waals surface area contributed by atoms with E-state index >= 15 is 0 Å². The number of rotatable bonds is 5. The molecule has 2 rings (SSSR count). The Hall–Kier alpha value is -2.29. The zero-order valence-corrected chi connectivity index (χ0v) is 11.1. The quantitative estimate of drug-likeness (QED) is 0.770. The van der Waals surface area contributed by atoms with Crippen molar-refractivity contribution in [3.8, 4) is 11.5 Å². The Morgan fingerprint density at radius 3 is 2.26 bits per heavy atom. The molecular formula is C16H16O3. The SMILES string of the molecule is COc1ccc(OCC(=O)c2ccccc2C)cc1. The summed E-state index contributed by atoms with van der Waals surface area (Å²) in [7, 11) is 1.61. The predicted molar refractivity (Wildman–Crippen MR) is 74.0 cm³/mol. The molecule has 0 heterocycles. The summed E-state index contributed by atoms with van der Waals surface area (Å²) in [6.07, 6.45) is 0. The molecule has 0 unspecified atom stereocenters. The molecule has 2 aromatic carbocycles. The normalized spacial score (nSPS) is 10.0. The number of hydrogen-bond acceptors (Lipinski definition) is 3. The van der Waals surface area contributed by atoms with Gasteiger partial charge >= 0.3 is 0 Å². The lowest BCUT2D eigenvalue weighted by atomic mass is 10.1. The summed E-state index contributed by atoms with van der Waals surface area (Å²) < 4.78 is 10.5. The van der Waals surface area contributed by atoms with Gasteiger partial charge in [0.1, 0.15) is 11.5 Å². The van der Waals surface area contributed by atoms with Gasteiger partial charge in [-0.2, -0.15) is 0 Å². The molecule has 0 atom stereocenters. The molecule has 3 nitrogen and oxygen atoms in total. The van der Waals surface area contributed by atoms with E-state index in [0.717, 1.165) is 11.3 Å². The lowest BCUT2D eigenvalue weighted by Crippen LogP contribution is -2.12. The largest absolute Gasteiger partial charge is 0.497 e. The van der Waals surface area contributed by atoms with Gasteiger partial charge in [-0.25, -0.2) is 0 Å². The topological polar surface area (TPSA) is 35.5 Å². The van der Waals surface area contributed by atoms with Crippen LogP contribution in [0.3, 0.4) is 0 Å². The minimum Gasteiger partial charge on any atom is -0.497 e. The summed E-state index contributed by atoms with van der Waals surface area (Å²) in [5.41, 5.74) is 1.67. The van der Waals surface area contributed by atoms with Crippen LogP contribution < -0.4 is 9.47 Å². The molecule has 0 bridgehead atoms. The highest BCUT2D eigenvalue weighted by molar-refractivity contribution is 5.98. The summed E-state index contributed by atoms with van der Waals surface area (Å²) in [6.45, 7) is 1.96. The van der Waals surface area contributed by atoms with Gasteiger partial charge < -0.3 is 9.47 Å². The number of Topliss-reactive ketones (excluding diaryl/α,β-unsaturated/α-hetero) is 1. The smallest absolute Gasteiger partial charge is 0.200 e. The van der Waals surface area contributed by atoms with Crippen molar-refractivity contribution < 1.29 is 14.3 Å². The molecule has 0 amide bonds. The zero-order valence-electron chi connectivity index (χ0n) is 11.1. The first kappa shape index (κ1) is 13.1. The van der Waals surface area contributed by atoms with Crippen molar-refractivity contribution in [3.63, 3.8) is 0 Å². The van der Waals surface area contributed by atoms with Gasteiger partial charge in [0.05, 0.1) is 7.11 Å². The molecule has 19 heavy (non-hydrogen) atoms. The number of ketones is 1. The summed E-state index contributed by atoms with van der Waals surface area (Å²) in [6, 6.07) is 14.7. The van der Waals surface area contributed by atoms with Gasteiger partial charge in [0.25, 0.3) is 0 Å². The number of ether oxygens (including phenoxy) is 2. The minimum absolute atomic E-state index is 0.0195. The van der Waals surface area contributed by atoms with Gasteiger partial charge in [0, 0.05) is 5.56 Å². The number of carbonyl (C=O) groups is 1. The molecule has 0 radical (unpaired) electrons. The molecule has 3 heteroatoms. The number of benzene rings is 2. The van der Waals surface area contributed by atoms with E-state index in [1.54, 1.807) is 31.4 Å². The van der Waals surface area contributed by atoms with Crippen molar-refractivity contribution in [3.05, 3.63) is 59.7 Å². The van der Waals surface area contributed by atoms with Crippen LogP contribution in [0.2, 0.25) is 0 Å². The van der Waals surface area contributed by atoms with Crippen LogP contribution >= 0.6 is 0 Å². The Kier molecular flexibility index (Phi) is 4.18. The standard InChI is InChI=1S/C16H16O3/c1-12-5-3-4-6-15(12)16(17)11-19-14-9-7-13(18-2)8-10-14/h3-10H,11H2,1-2H3. The van der Waals surface area contributed by atoms with Crippen LogP contribution in [-0.2, 0) is 0 Å². The first-order valence-electron chi connectivity index (χ1n) is 6.06. The predicted octanol–water partition coefficient (Wildman–Crippen LogP) is 3.27. The Labute approximate surface area is 112 Å². The van der Waals surface area contributed by atoms with E-state index in [9.17, 15) is 4.79 Å². The maximum Gasteiger partial charge on any atom is 0.200 e. The average Bonchev–Trinajstić information content (AvgIpc) is 2.46. The third-order valence-corrected chi connectivity index (χ3v) is 2.87. The highest BCUT2D eigenvalue weighted by Crippen LogP contribution is 2.17. The van der Waals surface area contributed by atoms with E-state index < -0.39 is 0 Å². The molecule has 0 fully saturated rings. The highest BCUT2D eigenvalue weighted by Gasteiger charge is 2.09. The molecule has 0 aromatic heterocycles. The van der Waals surface area contributed by atoms with E-state index in [4.69, 9.17) is 9.47 Å². The van der Waals surface area contributed by atoms with Gasteiger partial charge in [-0.1, -0.05) is 24.3 Å². The molecule has 2 aromatic rings. The monoisotopic (exact) mass is 256 g/mol. The van der Waals surface area contributed by atoms with Crippen molar-refractivity contribution in [2.45, 2.75) is 6.92 Å². The lowest BCUT2D eigenvalue weighted by molar-refractivity contribution is 0.0921. The van der Waals surface area contributed by atoms with Gasteiger partial charge in [0.15, 0.2) is 12.4 Å². The molecule has 0 saturated heterocycles. The van der Waals surface area contributed by atoms with E-state index in [0.29, 0.717) is 11.3 Å². The summed E-state index contributed by atoms with van der Waals surface area (Å²) in [5.74, 6) is 1.40. The van der Waals surface area contributed by atoms with Gasteiger partial charge in [-0.05, 0) is 36.8 Å². The molecule has 0 aliphatic heterocycles.